The van der Waals surface area contributed by atoms with Gasteiger partial charge < -0.3 is 49.1 Å². The lowest BCUT2D eigenvalue weighted by atomic mass is 10.0. The fourth-order valence-electron chi connectivity index (χ4n) is 3.18. The first-order valence-corrected chi connectivity index (χ1v) is 12.1. The summed E-state index contributed by atoms with van der Waals surface area (Å²) in [6.45, 7) is 0.223. The molecule has 0 unspecified atom stereocenters. The van der Waals surface area contributed by atoms with Gasteiger partial charge in [-0.05, 0) is 43.5 Å². The van der Waals surface area contributed by atoms with E-state index in [0.29, 0.717) is 5.56 Å². The van der Waals surface area contributed by atoms with Crippen LogP contribution >= 0.6 is 12.6 Å². The summed E-state index contributed by atoms with van der Waals surface area (Å²) in [5.74, 6) is -3.44. The molecule has 0 radical (unpaired) electrons. The first-order valence-electron chi connectivity index (χ1n) is 11.5. The lowest BCUT2D eigenvalue weighted by molar-refractivity contribution is -0.142. The van der Waals surface area contributed by atoms with Crippen molar-refractivity contribution in [1.29, 1.82) is 0 Å². The van der Waals surface area contributed by atoms with E-state index in [1.54, 1.807) is 0 Å². The number of nitrogens with one attached hydrogen (secondary N) is 3. The Balaban J connectivity index is 3.03. The van der Waals surface area contributed by atoms with Crippen molar-refractivity contribution in [3.63, 3.8) is 0 Å². The van der Waals surface area contributed by atoms with Crippen LogP contribution in [0.15, 0.2) is 29.3 Å². The van der Waals surface area contributed by atoms with Crippen LogP contribution in [-0.4, -0.2) is 82.9 Å². The van der Waals surface area contributed by atoms with E-state index in [1.807, 2.05) is 0 Å². The highest BCUT2D eigenvalue weighted by molar-refractivity contribution is 7.80. The third kappa shape index (κ3) is 11.8. The van der Waals surface area contributed by atoms with Gasteiger partial charge in [-0.25, -0.2) is 4.79 Å². The zero-order chi connectivity index (χ0) is 28.0. The van der Waals surface area contributed by atoms with Crippen LogP contribution in [0.25, 0.3) is 0 Å². The van der Waals surface area contributed by atoms with Crippen molar-refractivity contribution < 1.29 is 29.4 Å². The zero-order valence-corrected chi connectivity index (χ0v) is 21.2. The second kappa shape index (κ2) is 16.2. The highest BCUT2D eigenvalue weighted by Crippen LogP contribution is 2.12. The van der Waals surface area contributed by atoms with Gasteiger partial charge in [0.15, 0.2) is 5.96 Å². The highest BCUT2D eigenvalue weighted by atomic mass is 32.1. The van der Waals surface area contributed by atoms with Gasteiger partial charge in [-0.3, -0.25) is 19.4 Å². The summed E-state index contributed by atoms with van der Waals surface area (Å²) in [7, 11) is 0. The summed E-state index contributed by atoms with van der Waals surface area (Å²) in [5.41, 5.74) is 22.4. The maximum atomic E-state index is 13.1. The molecule has 0 aromatic heterocycles. The Labute approximate surface area is 220 Å². The minimum Gasteiger partial charge on any atom is -0.508 e. The Morgan fingerprint density at radius 1 is 0.919 bits per heavy atom. The number of carbonyl (C=O) groups is 4. The van der Waals surface area contributed by atoms with Gasteiger partial charge in [-0.15, -0.1) is 0 Å². The van der Waals surface area contributed by atoms with Crippen molar-refractivity contribution in [3.05, 3.63) is 29.8 Å². The third-order valence-corrected chi connectivity index (χ3v) is 5.58. The molecule has 14 nitrogen and oxygen atoms in total. The van der Waals surface area contributed by atoms with Gasteiger partial charge >= 0.3 is 5.97 Å². The molecule has 0 spiro atoms. The van der Waals surface area contributed by atoms with E-state index in [-0.39, 0.29) is 56.2 Å². The number of carboxylic acids is 1. The number of thiol groups is 1. The molecule has 206 valence electrons. The predicted octanol–water partition coefficient (Wildman–Crippen LogP) is -2.87. The molecule has 1 rings (SSSR count). The van der Waals surface area contributed by atoms with Crippen molar-refractivity contribution in [2.75, 3.05) is 18.8 Å². The summed E-state index contributed by atoms with van der Waals surface area (Å²) in [4.78, 5) is 53.8. The number of phenolic OH excluding ortho intramolecular Hbond substituents is 1. The van der Waals surface area contributed by atoms with E-state index in [1.165, 1.54) is 24.3 Å². The predicted molar refractivity (Wildman–Crippen MR) is 141 cm³/mol. The average molecular weight is 541 g/mol. The molecular formula is C22H36N8O6S. The van der Waals surface area contributed by atoms with Crippen LogP contribution in [0, 0.1) is 0 Å². The monoisotopic (exact) mass is 540 g/mol. The Hall–Kier alpha value is -3.56. The van der Waals surface area contributed by atoms with Gasteiger partial charge in [0.25, 0.3) is 0 Å². The SMILES string of the molecule is NCC[C@H](NC(=O)[C@@H](N)CS)C(=O)N[C@@H](CCCN=C(N)N)C(=O)N[C@@H](Cc1ccc(O)cc1)C(=O)O. The minimum atomic E-state index is -1.32. The number of aromatic hydroxyl groups is 1. The van der Waals surface area contributed by atoms with E-state index < -0.39 is 47.9 Å². The number of hydrogen-bond donors (Lipinski definition) is 10. The maximum absolute atomic E-state index is 13.1. The number of carbonyl (C=O) groups excluding carboxylic acids is 3. The third-order valence-electron chi connectivity index (χ3n) is 5.19. The number of phenols is 1. The van der Waals surface area contributed by atoms with Crippen LogP contribution < -0.4 is 38.9 Å². The number of aliphatic imine (C=N–C) groups is 1. The topological polar surface area (TPSA) is 261 Å². The van der Waals surface area contributed by atoms with Gasteiger partial charge in [-0.2, -0.15) is 12.6 Å². The molecule has 15 heteroatoms. The number of guanidine groups is 1. The molecule has 0 fully saturated rings. The first kappa shape index (κ1) is 31.5. The Bertz CT molecular complexity index is 942. The van der Waals surface area contributed by atoms with Crippen LogP contribution in [0.4, 0.5) is 0 Å². The molecule has 0 aliphatic carbocycles. The number of benzene rings is 1. The first-order chi connectivity index (χ1) is 17.5. The maximum Gasteiger partial charge on any atom is 0.326 e. The molecule has 0 aliphatic heterocycles. The summed E-state index contributed by atoms with van der Waals surface area (Å²) < 4.78 is 0. The molecule has 0 saturated carbocycles. The molecule has 0 bridgehead atoms. The molecule has 0 heterocycles. The standard InChI is InChI=1S/C22H36N8O6S/c23-8-7-16(28-18(32)14(24)11-37)20(34)29-15(2-1-9-27-22(25)26)19(33)30-17(21(35)36)10-12-3-5-13(31)6-4-12/h3-6,14-17,31,37H,1-2,7-11,23-24H2,(H,28,32)(H,29,34)(H,30,33)(H,35,36)(H4,25,26,27)/t14-,15-,16-,17-/m0/s1. The molecule has 13 N–H and O–H groups in total. The zero-order valence-electron chi connectivity index (χ0n) is 20.3. The van der Waals surface area contributed by atoms with Crippen LogP contribution in [0.2, 0.25) is 0 Å². The normalized spacial score (nSPS) is 13.9. The largest absolute Gasteiger partial charge is 0.508 e. The minimum absolute atomic E-state index is 0.0117. The summed E-state index contributed by atoms with van der Waals surface area (Å²) in [5, 5.41) is 26.5. The second-order valence-electron chi connectivity index (χ2n) is 8.21. The molecule has 0 saturated heterocycles. The van der Waals surface area contributed by atoms with E-state index in [0.717, 1.165) is 0 Å². The number of carboxylic acid groups (broad SMARTS) is 1. The molecule has 1 aromatic rings. The quantitative estimate of drug-likeness (QED) is 0.0443. The molecule has 1 aromatic carbocycles. The van der Waals surface area contributed by atoms with Gasteiger partial charge in [0.05, 0.1) is 6.04 Å². The lowest BCUT2D eigenvalue weighted by Crippen LogP contribution is -2.57. The van der Waals surface area contributed by atoms with Gasteiger partial charge in [0.1, 0.15) is 23.9 Å². The van der Waals surface area contributed by atoms with Crippen molar-refractivity contribution >= 4 is 42.3 Å². The Morgan fingerprint density at radius 3 is 1.97 bits per heavy atom. The van der Waals surface area contributed by atoms with Gasteiger partial charge in [-0.1, -0.05) is 12.1 Å². The molecule has 0 aliphatic rings. The fourth-order valence-corrected chi connectivity index (χ4v) is 3.35. The number of aliphatic carboxylic acids is 1. The number of nitrogens with zero attached hydrogens (tertiary/aromatic N) is 1. The smallest absolute Gasteiger partial charge is 0.326 e. The van der Waals surface area contributed by atoms with Crippen molar-refractivity contribution in [2.45, 2.75) is 49.9 Å². The van der Waals surface area contributed by atoms with Crippen LogP contribution in [0.5, 0.6) is 5.75 Å². The fraction of sp³-hybridized carbons (Fsp3) is 0.500. The Kier molecular flexibility index (Phi) is 13.8. The van der Waals surface area contributed by atoms with Gasteiger partial charge in [0.2, 0.25) is 17.7 Å². The molecule has 3 amide bonds. The molecule has 4 atom stereocenters. The van der Waals surface area contributed by atoms with Crippen LogP contribution in [-0.2, 0) is 25.6 Å². The highest BCUT2D eigenvalue weighted by Gasteiger charge is 2.30. The number of hydrogen-bond acceptors (Lipinski definition) is 9. The van der Waals surface area contributed by atoms with Crippen molar-refractivity contribution in [3.8, 4) is 5.75 Å². The summed E-state index contributed by atoms with van der Waals surface area (Å²) in [6.07, 6.45) is 0.352. The number of nitrogens with two attached hydrogens (primary N) is 4. The number of rotatable bonds is 16. The van der Waals surface area contributed by atoms with Crippen LogP contribution in [0.1, 0.15) is 24.8 Å². The van der Waals surface area contributed by atoms with Crippen molar-refractivity contribution in [1.82, 2.24) is 16.0 Å². The molecule has 37 heavy (non-hydrogen) atoms. The summed E-state index contributed by atoms with van der Waals surface area (Å²) in [6, 6.07) is 1.34. The number of amides is 3. The van der Waals surface area contributed by atoms with Gasteiger partial charge in [0, 0.05) is 18.7 Å². The van der Waals surface area contributed by atoms with E-state index >= 15 is 0 Å². The van der Waals surface area contributed by atoms with Crippen molar-refractivity contribution in [2.24, 2.45) is 27.9 Å². The van der Waals surface area contributed by atoms with E-state index in [2.05, 4.69) is 33.6 Å². The molecular weight excluding hydrogens is 504 g/mol. The summed E-state index contributed by atoms with van der Waals surface area (Å²) >= 11 is 3.96. The van der Waals surface area contributed by atoms with E-state index in [9.17, 15) is 29.4 Å². The Morgan fingerprint density at radius 2 is 1.46 bits per heavy atom. The van der Waals surface area contributed by atoms with Crippen LogP contribution in [0.3, 0.4) is 0 Å². The van der Waals surface area contributed by atoms with E-state index in [4.69, 9.17) is 22.9 Å². The average Bonchev–Trinajstić information content (AvgIpc) is 2.85. The second-order valence-corrected chi connectivity index (χ2v) is 8.57. The lowest BCUT2D eigenvalue weighted by Gasteiger charge is -2.25.